The molecule has 0 bridgehead atoms. The fourth-order valence-corrected chi connectivity index (χ4v) is 3.10. The zero-order valence-electron chi connectivity index (χ0n) is 14.3. The molecule has 3 rings (SSSR count). The van der Waals surface area contributed by atoms with Crippen molar-refractivity contribution in [1.29, 1.82) is 0 Å². The summed E-state index contributed by atoms with van der Waals surface area (Å²) >= 11 is 6.17. The molecule has 138 valence electrons. The van der Waals surface area contributed by atoms with Crippen molar-refractivity contribution in [3.05, 3.63) is 39.2 Å². The van der Waals surface area contributed by atoms with Gasteiger partial charge in [0.2, 0.25) is 5.91 Å². The van der Waals surface area contributed by atoms with Crippen LogP contribution >= 0.6 is 11.6 Å². The van der Waals surface area contributed by atoms with E-state index in [9.17, 15) is 14.4 Å². The average molecular weight is 379 g/mol. The fraction of sp³-hybridized carbons (Fsp3) is 0.389. The van der Waals surface area contributed by atoms with Crippen LogP contribution in [0.5, 0.6) is 5.75 Å². The van der Waals surface area contributed by atoms with Gasteiger partial charge < -0.3 is 19.4 Å². The molecule has 1 fully saturated rings. The molecule has 0 radical (unpaired) electrons. The number of nitrogens with one attached hydrogen (secondary N) is 1. The standard InChI is InChI=1S/C18H19ClN2O5/c1-11-6-18(24)26-14-8-15(13(19)7-12(11)14)25-10-16(22)20-9-17(23)21-4-2-3-5-21/h6-8H,2-5,9-10H2,1H3,(H,20,22). The van der Waals surface area contributed by atoms with Gasteiger partial charge in [0.1, 0.15) is 11.3 Å². The van der Waals surface area contributed by atoms with Gasteiger partial charge in [-0.25, -0.2) is 4.79 Å². The maximum Gasteiger partial charge on any atom is 0.336 e. The van der Waals surface area contributed by atoms with Crippen LogP contribution in [0.15, 0.2) is 27.4 Å². The van der Waals surface area contributed by atoms with Crippen molar-refractivity contribution >= 4 is 34.4 Å². The number of hydrogen-bond donors (Lipinski definition) is 1. The van der Waals surface area contributed by atoms with Crippen LogP contribution in [-0.2, 0) is 9.59 Å². The summed E-state index contributed by atoms with van der Waals surface area (Å²) in [4.78, 5) is 37.0. The lowest BCUT2D eigenvalue weighted by Crippen LogP contribution is -2.40. The maximum atomic E-state index is 11.9. The van der Waals surface area contributed by atoms with E-state index in [1.807, 2.05) is 0 Å². The molecule has 0 aliphatic carbocycles. The third-order valence-electron chi connectivity index (χ3n) is 4.26. The van der Waals surface area contributed by atoms with Crippen molar-refractivity contribution < 1.29 is 18.7 Å². The summed E-state index contributed by atoms with van der Waals surface area (Å²) in [5.41, 5.74) is 0.600. The molecule has 1 aromatic carbocycles. The molecule has 8 heteroatoms. The molecule has 0 atom stereocenters. The van der Waals surface area contributed by atoms with Crippen molar-refractivity contribution in [3.63, 3.8) is 0 Å². The van der Waals surface area contributed by atoms with Gasteiger partial charge in [-0.1, -0.05) is 11.6 Å². The largest absolute Gasteiger partial charge is 0.482 e. The minimum Gasteiger partial charge on any atom is -0.482 e. The summed E-state index contributed by atoms with van der Waals surface area (Å²) in [6.45, 7) is 2.91. The fourth-order valence-electron chi connectivity index (χ4n) is 2.88. The molecule has 0 unspecified atom stereocenters. The molecule has 2 heterocycles. The second-order valence-electron chi connectivity index (χ2n) is 6.18. The molecule has 0 spiro atoms. The molecule has 1 N–H and O–H groups in total. The highest BCUT2D eigenvalue weighted by Crippen LogP contribution is 2.30. The molecular weight excluding hydrogens is 360 g/mol. The quantitative estimate of drug-likeness (QED) is 0.802. The van der Waals surface area contributed by atoms with Gasteiger partial charge >= 0.3 is 5.63 Å². The molecule has 26 heavy (non-hydrogen) atoms. The Hall–Kier alpha value is -2.54. The first-order chi connectivity index (χ1) is 12.4. The highest BCUT2D eigenvalue weighted by Gasteiger charge is 2.18. The van der Waals surface area contributed by atoms with Crippen LogP contribution < -0.4 is 15.7 Å². The number of fused-ring (bicyclic) bond motifs is 1. The van der Waals surface area contributed by atoms with Crippen LogP contribution in [-0.4, -0.2) is 43.0 Å². The number of rotatable bonds is 5. The summed E-state index contributed by atoms with van der Waals surface area (Å²) in [6, 6.07) is 4.48. The van der Waals surface area contributed by atoms with Gasteiger partial charge in [-0.15, -0.1) is 0 Å². The number of benzene rings is 1. The number of likely N-dealkylation sites (tertiary alicyclic amines) is 1. The van der Waals surface area contributed by atoms with Gasteiger partial charge in [0.15, 0.2) is 6.61 Å². The lowest BCUT2D eigenvalue weighted by Gasteiger charge is -2.15. The van der Waals surface area contributed by atoms with Crippen molar-refractivity contribution in [2.75, 3.05) is 26.2 Å². The van der Waals surface area contributed by atoms with Gasteiger partial charge in [0, 0.05) is 30.6 Å². The van der Waals surface area contributed by atoms with Crippen molar-refractivity contribution in [2.24, 2.45) is 0 Å². The third kappa shape index (κ3) is 4.16. The summed E-state index contributed by atoms with van der Waals surface area (Å²) in [5, 5.41) is 3.53. The van der Waals surface area contributed by atoms with Gasteiger partial charge in [0.25, 0.3) is 5.91 Å². The molecular formula is C18H19ClN2O5. The normalized spacial score (nSPS) is 13.8. The number of aryl methyl sites for hydroxylation is 1. The van der Waals surface area contributed by atoms with E-state index in [2.05, 4.69) is 5.32 Å². The predicted octanol–water partition coefficient (Wildman–Crippen LogP) is 1.87. The Morgan fingerprint density at radius 3 is 2.73 bits per heavy atom. The molecule has 1 saturated heterocycles. The maximum absolute atomic E-state index is 11.9. The Bertz CT molecular complexity index is 902. The van der Waals surface area contributed by atoms with Crippen LogP contribution in [0.3, 0.4) is 0 Å². The Morgan fingerprint density at radius 1 is 1.27 bits per heavy atom. The first kappa shape index (κ1) is 18.3. The van der Waals surface area contributed by atoms with Crippen LogP contribution in [0.4, 0.5) is 0 Å². The lowest BCUT2D eigenvalue weighted by molar-refractivity contribution is -0.132. The Morgan fingerprint density at radius 2 is 2.00 bits per heavy atom. The number of ether oxygens (including phenoxy) is 1. The topological polar surface area (TPSA) is 88.8 Å². The van der Waals surface area contributed by atoms with E-state index in [0.717, 1.165) is 31.5 Å². The number of carbonyl (C=O) groups excluding carboxylic acids is 2. The number of amides is 2. The van der Waals surface area contributed by atoms with Crippen molar-refractivity contribution in [2.45, 2.75) is 19.8 Å². The first-order valence-electron chi connectivity index (χ1n) is 8.35. The van der Waals surface area contributed by atoms with Crippen LogP contribution in [0.1, 0.15) is 18.4 Å². The molecule has 2 amide bonds. The van der Waals surface area contributed by atoms with E-state index in [0.29, 0.717) is 16.0 Å². The minimum absolute atomic E-state index is 0.0539. The zero-order valence-corrected chi connectivity index (χ0v) is 15.1. The van der Waals surface area contributed by atoms with Crippen LogP contribution in [0.2, 0.25) is 5.02 Å². The molecule has 2 aromatic rings. The monoisotopic (exact) mass is 378 g/mol. The van der Waals surface area contributed by atoms with E-state index >= 15 is 0 Å². The van der Waals surface area contributed by atoms with E-state index in [-0.39, 0.29) is 24.8 Å². The summed E-state index contributed by atoms with van der Waals surface area (Å²) in [7, 11) is 0. The van der Waals surface area contributed by atoms with E-state index in [1.165, 1.54) is 12.1 Å². The Balaban J connectivity index is 1.60. The van der Waals surface area contributed by atoms with Gasteiger partial charge in [0.05, 0.1) is 11.6 Å². The molecule has 7 nitrogen and oxygen atoms in total. The first-order valence-corrected chi connectivity index (χ1v) is 8.73. The van der Waals surface area contributed by atoms with Gasteiger partial charge in [-0.05, 0) is 31.4 Å². The highest BCUT2D eigenvalue weighted by molar-refractivity contribution is 6.32. The van der Waals surface area contributed by atoms with E-state index < -0.39 is 11.5 Å². The van der Waals surface area contributed by atoms with Gasteiger partial charge in [-0.2, -0.15) is 0 Å². The number of nitrogens with zero attached hydrogens (tertiary/aromatic N) is 1. The summed E-state index contributed by atoms with van der Waals surface area (Å²) < 4.78 is 10.5. The minimum atomic E-state index is -0.471. The van der Waals surface area contributed by atoms with Crippen molar-refractivity contribution in [1.82, 2.24) is 10.2 Å². The summed E-state index contributed by atoms with van der Waals surface area (Å²) in [6.07, 6.45) is 2.00. The lowest BCUT2D eigenvalue weighted by atomic mass is 10.1. The molecule has 0 saturated carbocycles. The Kier molecular flexibility index (Phi) is 5.46. The smallest absolute Gasteiger partial charge is 0.336 e. The SMILES string of the molecule is Cc1cc(=O)oc2cc(OCC(=O)NCC(=O)N3CCCC3)c(Cl)cc12. The predicted molar refractivity (Wildman–Crippen MR) is 96.5 cm³/mol. The zero-order chi connectivity index (χ0) is 18.7. The van der Waals surface area contributed by atoms with Crippen molar-refractivity contribution in [3.8, 4) is 5.75 Å². The number of hydrogen-bond acceptors (Lipinski definition) is 5. The van der Waals surface area contributed by atoms with Crippen LogP contribution in [0.25, 0.3) is 11.0 Å². The number of carbonyl (C=O) groups is 2. The average Bonchev–Trinajstić information content (AvgIpc) is 3.13. The number of halogens is 1. The van der Waals surface area contributed by atoms with E-state index in [4.69, 9.17) is 20.8 Å². The molecule has 1 aliphatic heterocycles. The Labute approximate surface area is 154 Å². The van der Waals surface area contributed by atoms with E-state index in [1.54, 1.807) is 17.9 Å². The highest BCUT2D eigenvalue weighted by atomic mass is 35.5. The second kappa shape index (κ2) is 7.78. The third-order valence-corrected chi connectivity index (χ3v) is 4.55. The van der Waals surface area contributed by atoms with Gasteiger partial charge in [-0.3, -0.25) is 9.59 Å². The van der Waals surface area contributed by atoms with Crippen LogP contribution in [0, 0.1) is 6.92 Å². The molecule has 1 aliphatic rings. The summed E-state index contributed by atoms with van der Waals surface area (Å²) in [5.74, 6) is -0.301. The second-order valence-corrected chi connectivity index (χ2v) is 6.59. The molecule has 1 aromatic heterocycles.